The molecule has 1 nitrogen and oxygen atoms in total. The van der Waals surface area contributed by atoms with E-state index in [0.29, 0.717) is 12.0 Å². The molecule has 2 aromatic carbocycles. The van der Waals surface area contributed by atoms with E-state index in [1.54, 1.807) is 12.1 Å². The van der Waals surface area contributed by atoms with E-state index in [-0.39, 0.29) is 11.9 Å². The Kier molecular flexibility index (Phi) is 4.07. The Bertz CT molecular complexity index is 622. The molecular weight excluding hydrogens is 261 g/mol. The first-order valence-corrected chi connectivity index (χ1v) is 7.75. The van der Waals surface area contributed by atoms with Crippen molar-refractivity contribution in [3.63, 3.8) is 0 Å². The molecule has 0 spiro atoms. The first kappa shape index (κ1) is 14.3. The summed E-state index contributed by atoms with van der Waals surface area (Å²) >= 11 is 0. The van der Waals surface area contributed by atoms with Crippen LogP contribution < -0.4 is 5.32 Å². The lowest BCUT2D eigenvalue weighted by Crippen LogP contribution is -2.28. The Morgan fingerprint density at radius 3 is 2.57 bits per heavy atom. The van der Waals surface area contributed by atoms with Crippen molar-refractivity contribution in [2.45, 2.75) is 44.7 Å². The van der Waals surface area contributed by atoms with Crippen LogP contribution in [-0.4, -0.2) is 0 Å². The van der Waals surface area contributed by atoms with E-state index in [1.807, 2.05) is 6.07 Å². The molecular formula is C19H22FN. The summed E-state index contributed by atoms with van der Waals surface area (Å²) in [5.41, 5.74) is 3.86. The Morgan fingerprint density at radius 1 is 1.05 bits per heavy atom. The van der Waals surface area contributed by atoms with Gasteiger partial charge in [-0.2, -0.15) is 0 Å². The molecule has 0 amide bonds. The standard InChI is InChI=1S/C19H22FN/c1-13-10-11-19(18-9-4-3-8-17(13)18)21-14(2)15-6-5-7-16(20)12-15/h3-9,12-14,19,21H,10-11H2,1-2H3. The van der Waals surface area contributed by atoms with Gasteiger partial charge in [0.1, 0.15) is 5.82 Å². The van der Waals surface area contributed by atoms with Gasteiger partial charge in [0.05, 0.1) is 0 Å². The average Bonchev–Trinajstić information content (AvgIpc) is 2.50. The van der Waals surface area contributed by atoms with Gasteiger partial charge in [0, 0.05) is 12.1 Å². The molecule has 0 saturated carbocycles. The highest BCUT2D eigenvalue weighted by Gasteiger charge is 2.25. The van der Waals surface area contributed by atoms with E-state index in [0.717, 1.165) is 12.0 Å². The van der Waals surface area contributed by atoms with Crippen molar-refractivity contribution in [3.05, 3.63) is 71.0 Å². The highest BCUT2D eigenvalue weighted by Crippen LogP contribution is 2.38. The number of fused-ring (bicyclic) bond motifs is 1. The fourth-order valence-corrected chi connectivity index (χ4v) is 3.35. The van der Waals surface area contributed by atoms with Gasteiger partial charge in [-0.3, -0.25) is 0 Å². The van der Waals surface area contributed by atoms with Gasteiger partial charge >= 0.3 is 0 Å². The maximum atomic E-state index is 13.4. The van der Waals surface area contributed by atoms with Crippen molar-refractivity contribution >= 4 is 0 Å². The molecule has 0 saturated heterocycles. The number of hydrogen-bond donors (Lipinski definition) is 1. The Hall–Kier alpha value is -1.67. The van der Waals surface area contributed by atoms with Crippen LogP contribution >= 0.6 is 0 Å². The molecule has 0 aromatic heterocycles. The lowest BCUT2D eigenvalue weighted by molar-refractivity contribution is 0.395. The van der Waals surface area contributed by atoms with Crippen LogP contribution in [0.5, 0.6) is 0 Å². The van der Waals surface area contributed by atoms with Crippen LogP contribution in [0.4, 0.5) is 4.39 Å². The van der Waals surface area contributed by atoms with Crippen molar-refractivity contribution in [1.29, 1.82) is 0 Å². The Labute approximate surface area is 126 Å². The summed E-state index contributed by atoms with van der Waals surface area (Å²) < 4.78 is 13.4. The SMILES string of the molecule is CC1CCC(NC(C)c2cccc(F)c2)c2ccccc21. The quantitative estimate of drug-likeness (QED) is 0.825. The fourth-order valence-electron chi connectivity index (χ4n) is 3.35. The van der Waals surface area contributed by atoms with Crippen molar-refractivity contribution < 1.29 is 4.39 Å². The van der Waals surface area contributed by atoms with E-state index in [1.165, 1.54) is 23.6 Å². The predicted octanol–water partition coefficient (Wildman–Crippen LogP) is 5.11. The van der Waals surface area contributed by atoms with Crippen LogP contribution in [0.2, 0.25) is 0 Å². The number of nitrogens with one attached hydrogen (secondary N) is 1. The minimum atomic E-state index is -0.168. The summed E-state index contributed by atoms with van der Waals surface area (Å²) in [5.74, 6) is 0.461. The topological polar surface area (TPSA) is 12.0 Å². The average molecular weight is 283 g/mol. The largest absolute Gasteiger partial charge is 0.303 e. The molecule has 0 fully saturated rings. The summed E-state index contributed by atoms with van der Waals surface area (Å²) in [6.07, 6.45) is 2.34. The first-order valence-electron chi connectivity index (χ1n) is 7.75. The highest BCUT2D eigenvalue weighted by atomic mass is 19.1. The van der Waals surface area contributed by atoms with Crippen LogP contribution in [-0.2, 0) is 0 Å². The molecule has 0 heterocycles. The molecule has 110 valence electrons. The van der Waals surface area contributed by atoms with E-state index < -0.39 is 0 Å². The Balaban J connectivity index is 1.81. The van der Waals surface area contributed by atoms with Gasteiger partial charge in [-0.05, 0) is 54.5 Å². The van der Waals surface area contributed by atoms with Crippen LogP contribution in [0.3, 0.4) is 0 Å². The van der Waals surface area contributed by atoms with E-state index in [9.17, 15) is 4.39 Å². The molecule has 2 heteroatoms. The molecule has 3 atom stereocenters. The zero-order valence-electron chi connectivity index (χ0n) is 12.6. The summed E-state index contributed by atoms with van der Waals surface area (Å²) in [5, 5.41) is 3.67. The molecule has 21 heavy (non-hydrogen) atoms. The van der Waals surface area contributed by atoms with Crippen LogP contribution in [0.25, 0.3) is 0 Å². The van der Waals surface area contributed by atoms with Gasteiger partial charge in [-0.15, -0.1) is 0 Å². The monoisotopic (exact) mass is 283 g/mol. The number of halogens is 1. The van der Waals surface area contributed by atoms with Gasteiger partial charge in [-0.1, -0.05) is 43.3 Å². The molecule has 3 unspecified atom stereocenters. The molecule has 0 radical (unpaired) electrons. The van der Waals surface area contributed by atoms with Gasteiger partial charge in [0.25, 0.3) is 0 Å². The van der Waals surface area contributed by atoms with Crippen LogP contribution in [0.15, 0.2) is 48.5 Å². The maximum Gasteiger partial charge on any atom is 0.123 e. The number of hydrogen-bond acceptors (Lipinski definition) is 1. The maximum absolute atomic E-state index is 13.4. The van der Waals surface area contributed by atoms with Crippen molar-refractivity contribution in [1.82, 2.24) is 5.32 Å². The second kappa shape index (κ2) is 5.98. The molecule has 2 aromatic rings. The summed E-state index contributed by atoms with van der Waals surface area (Å²) in [7, 11) is 0. The van der Waals surface area contributed by atoms with Crippen LogP contribution in [0, 0.1) is 5.82 Å². The van der Waals surface area contributed by atoms with Crippen molar-refractivity contribution in [2.24, 2.45) is 0 Å². The van der Waals surface area contributed by atoms with Gasteiger partial charge < -0.3 is 5.32 Å². The van der Waals surface area contributed by atoms with Crippen molar-refractivity contribution in [2.75, 3.05) is 0 Å². The third-order valence-electron chi connectivity index (χ3n) is 4.59. The lowest BCUT2D eigenvalue weighted by Gasteiger charge is -2.32. The minimum absolute atomic E-state index is 0.146. The van der Waals surface area contributed by atoms with Crippen molar-refractivity contribution in [3.8, 4) is 0 Å². The summed E-state index contributed by atoms with van der Waals surface area (Å²) in [6, 6.07) is 16.1. The number of benzene rings is 2. The lowest BCUT2D eigenvalue weighted by atomic mass is 9.80. The summed E-state index contributed by atoms with van der Waals surface area (Å²) in [6.45, 7) is 4.40. The van der Waals surface area contributed by atoms with E-state index >= 15 is 0 Å². The smallest absolute Gasteiger partial charge is 0.123 e. The van der Waals surface area contributed by atoms with Gasteiger partial charge in [-0.25, -0.2) is 4.39 Å². The normalized spacial score (nSPS) is 22.6. The molecule has 3 rings (SSSR count). The zero-order chi connectivity index (χ0) is 14.8. The number of rotatable bonds is 3. The highest BCUT2D eigenvalue weighted by molar-refractivity contribution is 5.35. The zero-order valence-corrected chi connectivity index (χ0v) is 12.6. The molecule has 0 bridgehead atoms. The first-order chi connectivity index (χ1) is 10.1. The second-order valence-electron chi connectivity index (χ2n) is 6.10. The van der Waals surface area contributed by atoms with Gasteiger partial charge in [0.15, 0.2) is 0 Å². The molecule has 0 aliphatic heterocycles. The van der Waals surface area contributed by atoms with E-state index in [2.05, 4.69) is 43.4 Å². The second-order valence-corrected chi connectivity index (χ2v) is 6.10. The molecule has 1 aliphatic carbocycles. The molecule has 1 N–H and O–H groups in total. The summed E-state index contributed by atoms with van der Waals surface area (Å²) in [4.78, 5) is 0. The van der Waals surface area contributed by atoms with Crippen LogP contribution in [0.1, 0.15) is 61.4 Å². The fraction of sp³-hybridized carbons (Fsp3) is 0.368. The third kappa shape index (κ3) is 3.01. The molecule has 1 aliphatic rings. The Morgan fingerprint density at radius 2 is 1.81 bits per heavy atom. The predicted molar refractivity (Wildman–Crippen MR) is 84.8 cm³/mol. The third-order valence-corrected chi connectivity index (χ3v) is 4.59. The van der Waals surface area contributed by atoms with Gasteiger partial charge in [0.2, 0.25) is 0 Å². The van der Waals surface area contributed by atoms with E-state index in [4.69, 9.17) is 0 Å². The minimum Gasteiger partial charge on any atom is -0.303 e.